The summed E-state index contributed by atoms with van der Waals surface area (Å²) in [5.41, 5.74) is 0.199. The Morgan fingerprint density at radius 1 is 1.53 bits per heavy atom. The van der Waals surface area contributed by atoms with Gasteiger partial charge in [0.05, 0.1) is 18.3 Å². The zero-order chi connectivity index (χ0) is 11.3. The van der Waals surface area contributed by atoms with Gasteiger partial charge in [-0.3, -0.25) is 0 Å². The van der Waals surface area contributed by atoms with E-state index in [-0.39, 0.29) is 5.56 Å². The van der Waals surface area contributed by atoms with Gasteiger partial charge in [0, 0.05) is 6.42 Å². The highest BCUT2D eigenvalue weighted by molar-refractivity contribution is 5.87. The molecule has 0 amide bonds. The van der Waals surface area contributed by atoms with Crippen LogP contribution in [0.1, 0.15) is 23.7 Å². The maximum Gasteiger partial charge on any atom is 0.335 e. The van der Waals surface area contributed by atoms with Crippen LogP contribution in [0.3, 0.4) is 0 Å². The summed E-state index contributed by atoms with van der Waals surface area (Å²) in [5, 5.41) is 17.7. The van der Waals surface area contributed by atoms with Crippen LogP contribution in [0.5, 0.6) is 5.75 Å². The smallest absolute Gasteiger partial charge is 0.335 e. The lowest BCUT2D eigenvalue weighted by Crippen LogP contribution is -2.07. The average Bonchev–Trinajstić information content (AvgIpc) is 2.17. The number of aliphatic hydroxyl groups excluding tert-OH is 1. The van der Waals surface area contributed by atoms with Crippen LogP contribution in [0.15, 0.2) is 24.3 Å². The third-order valence-electron chi connectivity index (χ3n) is 1.89. The summed E-state index contributed by atoms with van der Waals surface area (Å²) in [6.45, 7) is 2.05. The second kappa shape index (κ2) is 5.36. The number of aliphatic hydroxyl groups is 1. The monoisotopic (exact) mass is 210 g/mol. The molecule has 0 aliphatic rings. The van der Waals surface area contributed by atoms with E-state index in [1.807, 2.05) is 0 Å². The zero-order valence-corrected chi connectivity index (χ0v) is 8.51. The Morgan fingerprint density at radius 3 is 2.87 bits per heavy atom. The zero-order valence-electron chi connectivity index (χ0n) is 8.51. The Hall–Kier alpha value is -1.55. The van der Waals surface area contributed by atoms with Crippen molar-refractivity contribution in [3.8, 4) is 5.75 Å². The van der Waals surface area contributed by atoms with Gasteiger partial charge < -0.3 is 14.9 Å². The molecule has 82 valence electrons. The molecule has 0 bridgehead atoms. The molecule has 0 saturated heterocycles. The van der Waals surface area contributed by atoms with Crippen molar-refractivity contribution >= 4 is 5.97 Å². The summed E-state index contributed by atoms with van der Waals surface area (Å²) in [6, 6.07) is 6.28. The number of aromatic carboxylic acids is 1. The van der Waals surface area contributed by atoms with E-state index in [1.165, 1.54) is 12.1 Å². The van der Waals surface area contributed by atoms with Crippen LogP contribution in [-0.4, -0.2) is 28.9 Å². The first-order chi connectivity index (χ1) is 7.09. The van der Waals surface area contributed by atoms with Crippen LogP contribution in [0.2, 0.25) is 0 Å². The predicted octanol–water partition coefficient (Wildman–Crippen LogP) is 1.53. The van der Waals surface area contributed by atoms with E-state index in [2.05, 4.69) is 0 Å². The SMILES string of the molecule is CC(O)CCOc1cccc(C(=O)O)c1. The number of carboxylic acid groups (broad SMARTS) is 1. The molecule has 0 spiro atoms. The molecule has 0 aliphatic heterocycles. The molecular formula is C11H14O4. The molecule has 1 aromatic rings. The summed E-state index contributed by atoms with van der Waals surface area (Å²) < 4.78 is 5.28. The minimum Gasteiger partial charge on any atom is -0.493 e. The Balaban J connectivity index is 2.54. The molecule has 0 aliphatic carbocycles. The van der Waals surface area contributed by atoms with E-state index in [0.29, 0.717) is 18.8 Å². The first-order valence-electron chi connectivity index (χ1n) is 4.74. The van der Waals surface area contributed by atoms with E-state index in [1.54, 1.807) is 19.1 Å². The van der Waals surface area contributed by atoms with Gasteiger partial charge in [-0.25, -0.2) is 4.79 Å². The van der Waals surface area contributed by atoms with Crippen LogP contribution < -0.4 is 4.74 Å². The molecule has 4 nitrogen and oxygen atoms in total. The van der Waals surface area contributed by atoms with E-state index in [9.17, 15) is 4.79 Å². The largest absolute Gasteiger partial charge is 0.493 e. The van der Waals surface area contributed by atoms with E-state index in [0.717, 1.165) is 0 Å². The van der Waals surface area contributed by atoms with Gasteiger partial charge in [-0.15, -0.1) is 0 Å². The Morgan fingerprint density at radius 2 is 2.27 bits per heavy atom. The molecule has 1 rings (SSSR count). The highest BCUT2D eigenvalue weighted by Crippen LogP contribution is 2.13. The first kappa shape index (κ1) is 11.5. The molecule has 1 aromatic carbocycles. The van der Waals surface area contributed by atoms with Gasteiger partial charge in [0.1, 0.15) is 5.75 Å². The van der Waals surface area contributed by atoms with Gasteiger partial charge in [-0.1, -0.05) is 6.07 Å². The number of ether oxygens (including phenoxy) is 1. The topological polar surface area (TPSA) is 66.8 Å². The van der Waals surface area contributed by atoms with Crippen molar-refractivity contribution in [2.24, 2.45) is 0 Å². The lowest BCUT2D eigenvalue weighted by Gasteiger charge is -2.07. The fourth-order valence-corrected chi connectivity index (χ4v) is 1.07. The van der Waals surface area contributed by atoms with Crippen molar-refractivity contribution in [2.45, 2.75) is 19.4 Å². The summed E-state index contributed by atoms with van der Waals surface area (Å²) in [4.78, 5) is 10.6. The van der Waals surface area contributed by atoms with Gasteiger partial charge in [0.25, 0.3) is 0 Å². The number of carbonyl (C=O) groups is 1. The summed E-state index contributed by atoms with van der Waals surface area (Å²) in [7, 11) is 0. The maximum atomic E-state index is 10.6. The molecule has 0 aromatic heterocycles. The molecule has 2 N–H and O–H groups in total. The number of carboxylic acids is 1. The highest BCUT2D eigenvalue weighted by atomic mass is 16.5. The minimum atomic E-state index is -0.976. The van der Waals surface area contributed by atoms with Crippen LogP contribution in [0.25, 0.3) is 0 Å². The number of hydrogen-bond donors (Lipinski definition) is 2. The van der Waals surface area contributed by atoms with Crippen molar-refractivity contribution in [3.63, 3.8) is 0 Å². The van der Waals surface area contributed by atoms with E-state index >= 15 is 0 Å². The van der Waals surface area contributed by atoms with Crippen LogP contribution in [0, 0.1) is 0 Å². The van der Waals surface area contributed by atoms with Gasteiger partial charge >= 0.3 is 5.97 Å². The lowest BCUT2D eigenvalue weighted by molar-refractivity contribution is 0.0696. The Kier molecular flexibility index (Phi) is 4.12. The molecule has 0 heterocycles. The number of benzene rings is 1. The first-order valence-corrected chi connectivity index (χ1v) is 4.74. The van der Waals surface area contributed by atoms with Crippen molar-refractivity contribution in [3.05, 3.63) is 29.8 Å². The quantitative estimate of drug-likeness (QED) is 0.773. The summed E-state index contributed by atoms with van der Waals surface area (Å²) in [6.07, 6.45) is 0.116. The van der Waals surface area contributed by atoms with Gasteiger partial charge in [-0.05, 0) is 25.1 Å². The molecule has 1 atom stereocenters. The Labute approximate surface area is 88.1 Å². The molecule has 4 heteroatoms. The standard InChI is InChI=1S/C11H14O4/c1-8(12)5-6-15-10-4-2-3-9(7-10)11(13)14/h2-4,7-8,12H,5-6H2,1H3,(H,13,14). The second-order valence-corrected chi connectivity index (χ2v) is 3.32. The molecule has 15 heavy (non-hydrogen) atoms. The molecule has 0 radical (unpaired) electrons. The lowest BCUT2D eigenvalue weighted by atomic mass is 10.2. The maximum absolute atomic E-state index is 10.6. The van der Waals surface area contributed by atoms with Crippen LogP contribution in [0.4, 0.5) is 0 Å². The summed E-state index contributed by atoms with van der Waals surface area (Å²) >= 11 is 0. The fraction of sp³-hybridized carbons (Fsp3) is 0.364. The molecule has 1 unspecified atom stereocenters. The van der Waals surface area contributed by atoms with E-state index < -0.39 is 12.1 Å². The van der Waals surface area contributed by atoms with Crippen molar-refractivity contribution < 1.29 is 19.7 Å². The van der Waals surface area contributed by atoms with Gasteiger partial charge in [0.15, 0.2) is 0 Å². The van der Waals surface area contributed by atoms with Crippen molar-refractivity contribution in [1.29, 1.82) is 0 Å². The molecule has 0 fully saturated rings. The second-order valence-electron chi connectivity index (χ2n) is 3.32. The molecular weight excluding hydrogens is 196 g/mol. The number of hydrogen-bond acceptors (Lipinski definition) is 3. The Bertz CT molecular complexity index is 333. The average molecular weight is 210 g/mol. The number of rotatable bonds is 5. The summed E-state index contributed by atoms with van der Waals surface area (Å²) in [5.74, 6) is -0.466. The fourth-order valence-electron chi connectivity index (χ4n) is 1.07. The highest BCUT2D eigenvalue weighted by Gasteiger charge is 2.03. The van der Waals surface area contributed by atoms with Crippen molar-refractivity contribution in [1.82, 2.24) is 0 Å². The third kappa shape index (κ3) is 3.99. The third-order valence-corrected chi connectivity index (χ3v) is 1.89. The van der Waals surface area contributed by atoms with Gasteiger partial charge in [0.2, 0.25) is 0 Å². The minimum absolute atomic E-state index is 0.199. The van der Waals surface area contributed by atoms with Crippen LogP contribution in [-0.2, 0) is 0 Å². The van der Waals surface area contributed by atoms with E-state index in [4.69, 9.17) is 14.9 Å². The van der Waals surface area contributed by atoms with Gasteiger partial charge in [-0.2, -0.15) is 0 Å². The van der Waals surface area contributed by atoms with Crippen molar-refractivity contribution in [2.75, 3.05) is 6.61 Å². The normalized spacial score (nSPS) is 12.1. The van der Waals surface area contributed by atoms with Crippen LogP contribution >= 0.6 is 0 Å². The molecule has 0 saturated carbocycles. The predicted molar refractivity (Wildman–Crippen MR) is 55.2 cm³/mol.